The summed E-state index contributed by atoms with van der Waals surface area (Å²) in [6.45, 7) is 2.04. The average Bonchev–Trinajstić information content (AvgIpc) is 2.98. The normalized spacial score (nSPS) is 11.5. The highest BCUT2D eigenvalue weighted by molar-refractivity contribution is 6.35. The van der Waals surface area contributed by atoms with Gasteiger partial charge in [0.25, 0.3) is 0 Å². The molecular weight excluding hydrogens is 324 g/mol. The Morgan fingerprint density at radius 2 is 2.04 bits per heavy atom. The van der Waals surface area contributed by atoms with E-state index >= 15 is 0 Å². The Labute approximate surface area is 145 Å². The summed E-state index contributed by atoms with van der Waals surface area (Å²) in [4.78, 5) is 4.20. The zero-order chi connectivity index (χ0) is 17.1. The van der Waals surface area contributed by atoms with Gasteiger partial charge in [0.2, 0.25) is 0 Å². The van der Waals surface area contributed by atoms with E-state index < -0.39 is 0 Å². The van der Waals surface area contributed by atoms with Gasteiger partial charge < -0.3 is 15.1 Å². The summed E-state index contributed by atoms with van der Waals surface area (Å²) in [6, 6.07) is 13.5. The number of hydrogen-bond acceptors (Lipinski definition) is 4. The first-order valence-corrected chi connectivity index (χ1v) is 7.80. The monoisotopic (exact) mass is 340 g/mol. The molecule has 0 atom stereocenters. The number of oxime groups is 1. The Morgan fingerprint density at radius 1 is 1.25 bits per heavy atom. The minimum absolute atomic E-state index is 0.329. The lowest BCUT2D eigenvalue weighted by atomic mass is 10.1. The second-order valence-electron chi connectivity index (χ2n) is 5.44. The van der Waals surface area contributed by atoms with E-state index in [1.807, 2.05) is 50.4 Å². The molecule has 0 radical (unpaired) electrons. The van der Waals surface area contributed by atoms with Crippen LogP contribution >= 0.6 is 11.6 Å². The predicted molar refractivity (Wildman–Crippen MR) is 96.5 cm³/mol. The third-order valence-corrected chi connectivity index (χ3v) is 4.09. The van der Waals surface area contributed by atoms with Crippen LogP contribution in [0.2, 0.25) is 5.02 Å². The summed E-state index contributed by atoms with van der Waals surface area (Å²) in [5.41, 5.74) is 3.96. The van der Waals surface area contributed by atoms with E-state index in [4.69, 9.17) is 11.6 Å². The van der Waals surface area contributed by atoms with Gasteiger partial charge in [-0.25, -0.2) is 4.98 Å². The quantitative estimate of drug-likeness (QED) is 0.421. The van der Waals surface area contributed by atoms with Crippen molar-refractivity contribution in [3.8, 4) is 0 Å². The Hall–Kier alpha value is -2.79. The van der Waals surface area contributed by atoms with Gasteiger partial charge in [-0.15, -0.1) is 0 Å². The number of rotatable bonds is 4. The lowest BCUT2D eigenvalue weighted by molar-refractivity contribution is 0.319. The molecule has 0 spiro atoms. The molecule has 3 aromatic rings. The van der Waals surface area contributed by atoms with Crippen molar-refractivity contribution in [1.82, 2.24) is 9.55 Å². The van der Waals surface area contributed by atoms with E-state index in [1.54, 1.807) is 23.0 Å². The zero-order valence-corrected chi connectivity index (χ0v) is 14.1. The first-order valence-electron chi connectivity index (χ1n) is 7.42. The third-order valence-electron chi connectivity index (χ3n) is 3.78. The molecule has 0 saturated carbocycles. The highest BCUT2D eigenvalue weighted by Crippen LogP contribution is 2.26. The van der Waals surface area contributed by atoms with Crippen molar-refractivity contribution in [3.63, 3.8) is 0 Å². The van der Waals surface area contributed by atoms with Gasteiger partial charge in [0, 0.05) is 36.4 Å². The number of nitrogens with one attached hydrogen (secondary N) is 1. The molecule has 5 nitrogen and oxygen atoms in total. The van der Waals surface area contributed by atoms with Gasteiger partial charge in [-0.05, 0) is 36.8 Å². The first kappa shape index (κ1) is 16.1. The van der Waals surface area contributed by atoms with Crippen LogP contribution < -0.4 is 5.32 Å². The van der Waals surface area contributed by atoms with Crippen LogP contribution in [0.25, 0.3) is 0 Å². The number of para-hydroxylation sites is 1. The lowest BCUT2D eigenvalue weighted by Crippen LogP contribution is -2.11. The molecule has 0 aliphatic heterocycles. The van der Waals surface area contributed by atoms with E-state index in [2.05, 4.69) is 15.5 Å². The number of anilines is 2. The fraction of sp³-hybridized carbons (Fsp3) is 0.111. The van der Waals surface area contributed by atoms with E-state index in [-0.39, 0.29) is 0 Å². The van der Waals surface area contributed by atoms with Crippen molar-refractivity contribution in [1.29, 1.82) is 0 Å². The van der Waals surface area contributed by atoms with Crippen LogP contribution in [0.4, 0.5) is 11.4 Å². The van der Waals surface area contributed by atoms with Gasteiger partial charge >= 0.3 is 0 Å². The zero-order valence-electron chi connectivity index (χ0n) is 13.4. The van der Waals surface area contributed by atoms with Crippen molar-refractivity contribution in [2.45, 2.75) is 6.92 Å². The van der Waals surface area contributed by atoms with Gasteiger partial charge in [0.05, 0.1) is 5.02 Å². The number of benzene rings is 2. The molecule has 3 rings (SSSR count). The lowest BCUT2D eigenvalue weighted by Gasteiger charge is -2.12. The molecule has 0 fully saturated rings. The van der Waals surface area contributed by atoms with Gasteiger partial charge in [-0.3, -0.25) is 0 Å². The third kappa shape index (κ3) is 3.12. The molecule has 0 bridgehead atoms. The molecule has 1 heterocycles. The van der Waals surface area contributed by atoms with Crippen molar-refractivity contribution in [3.05, 3.63) is 76.8 Å². The van der Waals surface area contributed by atoms with Crippen molar-refractivity contribution >= 4 is 28.7 Å². The van der Waals surface area contributed by atoms with Gasteiger partial charge in [0.15, 0.2) is 11.5 Å². The van der Waals surface area contributed by atoms with E-state index in [0.717, 1.165) is 16.9 Å². The smallest absolute Gasteiger partial charge is 0.162 e. The fourth-order valence-corrected chi connectivity index (χ4v) is 2.74. The highest BCUT2D eigenvalue weighted by atomic mass is 35.5. The molecule has 2 N–H and O–H groups in total. The van der Waals surface area contributed by atoms with Crippen molar-refractivity contribution in [2.75, 3.05) is 5.32 Å². The Morgan fingerprint density at radius 3 is 2.67 bits per heavy atom. The summed E-state index contributed by atoms with van der Waals surface area (Å²) in [7, 11) is 1.83. The number of aryl methyl sites for hydroxylation is 2. The SMILES string of the molecule is Cc1ccccc1Nc1ccc(/C(=N\O)c2nccn2C)c(Cl)c1. The van der Waals surface area contributed by atoms with E-state index in [1.165, 1.54) is 0 Å². The van der Waals surface area contributed by atoms with E-state index in [9.17, 15) is 5.21 Å². The minimum Gasteiger partial charge on any atom is -0.410 e. The summed E-state index contributed by atoms with van der Waals surface area (Å²) >= 11 is 6.41. The Balaban J connectivity index is 1.93. The molecular formula is C18H17ClN4O. The van der Waals surface area contributed by atoms with Crippen molar-refractivity contribution < 1.29 is 5.21 Å². The van der Waals surface area contributed by atoms with Crippen LogP contribution in [-0.4, -0.2) is 20.5 Å². The molecule has 0 unspecified atom stereocenters. The molecule has 24 heavy (non-hydrogen) atoms. The van der Waals surface area contributed by atoms with Gasteiger partial charge in [0.1, 0.15) is 0 Å². The maximum Gasteiger partial charge on any atom is 0.162 e. The first-order chi connectivity index (χ1) is 11.6. The number of halogens is 1. The van der Waals surface area contributed by atoms with Crippen LogP contribution in [0.5, 0.6) is 0 Å². The van der Waals surface area contributed by atoms with Gasteiger partial charge in [-0.1, -0.05) is 35.0 Å². The molecule has 122 valence electrons. The van der Waals surface area contributed by atoms with Crippen molar-refractivity contribution in [2.24, 2.45) is 12.2 Å². The summed E-state index contributed by atoms with van der Waals surface area (Å²) in [6.07, 6.45) is 3.42. The Kier molecular flexibility index (Phi) is 4.53. The Bertz CT molecular complexity index is 902. The molecule has 0 saturated heterocycles. The van der Waals surface area contributed by atoms with E-state index in [0.29, 0.717) is 22.1 Å². The topological polar surface area (TPSA) is 62.4 Å². The number of aromatic nitrogens is 2. The van der Waals surface area contributed by atoms with Crippen LogP contribution in [0.15, 0.2) is 60.0 Å². The standard InChI is InChI=1S/C18H17ClN4O/c1-12-5-3-4-6-16(12)21-13-7-8-14(15(19)11-13)17(22-24)18-20-9-10-23(18)2/h3-11,21,24H,1-2H3/b22-17+. The maximum absolute atomic E-state index is 9.40. The number of hydrogen-bond donors (Lipinski definition) is 2. The van der Waals surface area contributed by atoms with Crippen LogP contribution in [0.3, 0.4) is 0 Å². The molecule has 0 amide bonds. The summed E-state index contributed by atoms with van der Waals surface area (Å²) in [5, 5.41) is 16.6. The van der Waals surface area contributed by atoms with Crippen LogP contribution in [0, 0.1) is 6.92 Å². The number of nitrogens with zero attached hydrogens (tertiary/aromatic N) is 3. The van der Waals surface area contributed by atoms with Crippen LogP contribution in [0.1, 0.15) is 17.0 Å². The van der Waals surface area contributed by atoms with Gasteiger partial charge in [-0.2, -0.15) is 0 Å². The fourth-order valence-electron chi connectivity index (χ4n) is 2.47. The molecule has 1 aromatic heterocycles. The summed E-state index contributed by atoms with van der Waals surface area (Å²) in [5.74, 6) is 0.541. The molecule has 2 aromatic carbocycles. The molecule has 0 aliphatic carbocycles. The second-order valence-corrected chi connectivity index (χ2v) is 5.85. The average molecular weight is 341 g/mol. The largest absolute Gasteiger partial charge is 0.410 e. The maximum atomic E-state index is 9.40. The minimum atomic E-state index is 0.329. The molecule has 6 heteroatoms. The van der Waals surface area contributed by atoms with Crippen LogP contribution in [-0.2, 0) is 7.05 Å². The second kappa shape index (κ2) is 6.76. The predicted octanol–water partition coefficient (Wildman–Crippen LogP) is 4.35. The molecule has 0 aliphatic rings. The highest BCUT2D eigenvalue weighted by Gasteiger charge is 2.16. The summed E-state index contributed by atoms with van der Waals surface area (Å²) < 4.78 is 1.77. The number of imidazole rings is 1.